The average Bonchev–Trinajstić information content (AvgIpc) is 2.68. The van der Waals surface area contributed by atoms with Gasteiger partial charge in [0.2, 0.25) is 5.91 Å². The molecule has 0 aliphatic carbocycles. The molecule has 2 aromatic carbocycles. The van der Waals surface area contributed by atoms with Gasteiger partial charge in [-0.15, -0.1) is 0 Å². The van der Waals surface area contributed by atoms with Crippen molar-refractivity contribution < 1.29 is 9.53 Å². The molecule has 1 aliphatic heterocycles. The standard InChI is InChI=1S/C20H24ClN3O2/c1-15(20(25)22-16-8-9-19(26-2)18(21)14-16)23-10-12-24(13-11-23)17-6-4-3-5-7-17/h3-9,14-15H,10-13H2,1-2H3,(H,22,25)/t15-/m0/s1. The number of halogens is 1. The van der Waals surface area contributed by atoms with Crippen LogP contribution in [-0.4, -0.2) is 50.1 Å². The Labute approximate surface area is 159 Å². The van der Waals surface area contributed by atoms with E-state index in [0.717, 1.165) is 26.2 Å². The molecule has 0 aromatic heterocycles. The van der Waals surface area contributed by atoms with Gasteiger partial charge in [0, 0.05) is 37.6 Å². The van der Waals surface area contributed by atoms with E-state index < -0.39 is 0 Å². The lowest BCUT2D eigenvalue weighted by molar-refractivity contribution is -0.120. The molecule has 0 bridgehead atoms. The molecule has 1 fully saturated rings. The minimum atomic E-state index is -0.200. The van der Waals surface area contributed by atoms with Gasteiger partial charge < -0.3 is 15.0 Å². The van der Waals surface area contributed by atoms with Crippen LogP contribution in [0.2, 0.25) is 5.02 Å². The Kier molecular flexibility index (Phi) is 6.01. The maximum atomic E-state index is 12.6. The highest BCUT2D eigenvalue weighted by atomic mass is 35.5. The monoisotopic (exact) mass is 373 g/mol. The summed E-state index contributed by atoms with van der Waals surface area (Å²) in [5.74, 6) is 0.564. The van der Waals surface area contributed by atoms with Gasteiger partial charge in [-0.05, 0) is 37.3 Å². The van der Waals surface area contributed by atoms with Gasteiger partial charge in [0.15, 0.2) is 0 Å². The van der Waals surface area contributed by atoms with Gasteiger partial charge in [0.1, 0.15) is 5.75 Å². The second kappa shape index (κ2) is 8.43. The second-order valence-electron chi connectivity index (χ2n) is 6.37. The normalized spacial score (nSPS) is 16.2. The maximum Gasteiger partial charge on any atom is 0.241 e. The zero-order valence-electron chi connectivity index (χ0n) is 15.1. The molecule has 6 heteroatoms. The first-order valence-electron chi connectivity index (χ1n) is 8.77. The van der Waals surface area contributed by atoms with Crippen LogP contribution in [-0.2, 0) is 4.79 Å². The molecule has 1 atom stereocenters. The fourth-order valence-corrected chi connectivity index (χ4v) is 3.42. The number of ether oxygens (including phenoxy) is 1. The molecule has 1 aliphatic rings. The molecular weight excluding hydrogens is 350 g/mol. The van der Waals surface area contributed by atoms with Crippen molar-refractivity contribution in [3.05, 3.63) is 53.6 Å². The lowest BCUT2D eigenvalue weighted by atomic mass is 10.2. The summed E-state index contributed by atoms with van der Waals surface area (Å²) >= 11 is 6.12. The molecule has 26 heavy (non-hydrogen) atoms. The molecule has 1 saturated heterocycles. The Morgan fingerprint density at radius 2 is 1.81 bits per heavy atom. The number of amides is 1. The molecule has 1 heterocycles. The van der Waals surface area contributed by atoms with E-state index in [-0.39, 0.29) is 11.9 Å². The van der Waals surface area contributed by atoms with Crippen molar-refractivity contribution in [2.75, 3.05) is 43.5 Å². The quantitative estimate of drug-likeness (QED) is 0.871. The Morgan fingerprint density at radius 3 is 2.42 bits per heavy atom. The molecule has 0 spiro atoms. The average molecular weight is 374 g/mol. The second-order valence-corrected chi connectivity index (χ2v) is 6.78. The minimum absolute atomic E-state index is 0.0283. The van der Waals surface area contributed by atoms with Crippen LogP contribution in [0.1, 0.15) is 6.92 Å². The highest BCUT2D eigenvalue weighted by molar-refractivity contribution is 6.32. The van der Waals surface area contributed by atoms with Crippen molar-refractivity contribution in [3.63, 3.8) is 0 Å². The maximum absolute atomic E-state index is 12.6. The summed E-state index contributed by atoms with van der Waals surface area (Å²) in [4.78, 5) is 17.1. The van der Waals surface area contributed by atoms with Gasteiger partial charge in [-0.3, -0.25) is 9.69 Å². The highest BCUT2D eigenvalue weighted by Crippen LogP contribution is 2.27. The Hall–Kier alpha value is -2.24. The topological polar surface area (TPSA) is 44.8 Å². The number of carbonyl (C=O) groups is 1. The molecule has 138 valence electrons. The fraction of sp³-hybridized carbons (Fsp3) is 0.350. The third-order valence-corrected chi connectivity index (χ3v) is 5.08. The lowest BCUT2D eigenvalue weighted by Crippen LogP contribution is -2.52. The smallest absolute Gasteiger partial charge is 0.241 e. The van der Waals surface area contributed by atoms with E-state index in [1.807, 2.05) is 13.0 Å². The van der Waals surface area contributed by atoms with Crippen LogP contribution >= 0.6 is 11.6 Å². The summed E-state index contributed by atoms with van der Waals surface area (Å²) in [6.07, 6.45) is 0. The largest absolute Gasteiger partial charge is 0.495 e. The summed E-state index contributed by atoms with van der Waals surface area (Å²) in [6.45, 7) is 5.48. The third kappa shape index (κ3) is 4.29. The van der Waals surface area contributed by atoms with Gasteiger partial charge in [0.05, 0.1) is 18.2 Å². The molecule has 3 rings (SSSR count). The summed E-state index contributed by atoms with van der Waals surface area (Å²) in [6, 6.07) is 15.4. The molecule has 0 unspecified atom stereocenters. The van der Waals surface area contributed by atoms with Crippen LogP contribution in [0.25, 0.3) is 0 Å². The third-order valence-electron chi connectivity index (χ3n) is 4.78. The molecular formula is C20H24ClN3O2. The number of methoxy groups -OCH3 is 1. The molecule has 2 aromatic rings. The summed E-state index contributed by atoms with van der Waals surface area (Å²) < 4.78 is 5.14. The van der Waals surface area contributed by atoms with Crippen molar-refractivity contribution in [3.8, 4) is 5.75 Å². The van der Waals surface area contributed by atoms with Crippen LogP contribution in [0.5, 0.6) is 5.75 Å². The van der Waals surface area contributed by atoms with Gasteiger partial charge >= 0.3 is 0 Å². The van der Waals surface area contributed by atoms with Gasteiger partial charge in [-0.1, -0.05) is 29.8 Å². The Bertz CT molecular complexity index is 746. The van der Waals surface area contributed by atoms with Crippen molar-refractivity contribution in [2.24, 2.45) is 0 Å². The number of hydrogen-bond acceptors (Lipinski definition) is 4. The van der Waals surface area contributed by atoms with Gasteiger partial charge in [-0.25, -0.2) is 0 Å². The van der Waals surface area contributed by atoms with Crippen molar-refractivity contribution in [2.45, 2.75) is 13.0 Å². The number of piperazine rings is 1. The molecule has 0 saturated carbocycles. The van der Waals surface area contributed by atoms with Gasteiger partial charge in [0.25, 0.3) is 0 Å². The number of anilines is 2. The zero-order chi connectivity index (χ0) is 18.5. The zero-order valence-corrected chi connectivity index (χ0v) is 15.9. The van der Waals surface area contributed by atoms with Crippen molar-refractivity contribution in [1.29, 1.82) is 0 Å². The van der Waals surface area contributed by atoms with E-state index in [0.29, 0.717) is 16.5 Å². The van der Waals surface area contributed by atoms with E-state index in [4.69, 9.17) is 16.3 Å². The summed E-state index contributed by atoms with van der Waals surface area (Å²) in [5, 5.41) is 3.42. The number of hydrogen-bond donors (Lipinski definition) is 1. The number of carbonyl (C=O) groups excluding carboxylic acids is 1. The minimum Gasteiger partial charge on any atom is -0.495 e. The Balaban J connectivity index is 1.55. The van der Waals surface area contributed by atoms with Crippen LogP contribution in [0.4, 0.5) is 11.4 Å². The summed E-state index contributed by atoms with van der Waals surface area (Å²) in [5.41, 5.74) is 1.91. The number of para-hydroxylation sites is 1. The molecule has 1 N–H and O–H groups in total. The number of benzene rings is 2. The Morgan fingerprint density at radius 1 is 1.12 bits per heavy atom. The summed E-state index contributed by atoms with van der Waals surface area (Å²) in [7, 11) is 1.57. The molecule has 5 nitrogen and oxygen atoms in total. The number of nitrogens with one attached hydrogen (secondary N) is 1. The molecule has 0 radical (unpaired) electrons. The van der Waals surface area contributed by atoms with E-state index in [2.05, 4.69) is 39.4 Å². The predicted octanol–water partition coefficient (Wildman–Crippen LogP) is 3.50. The fourth-order valence-electron chi connectivity index (χ4n) is 3.16. The van der Waals surface area contributed by atoms with Crippen LogP contribution < -0.4 is 15.0 Å². The SMILES string of the molecule is COc1ccc(NC(=O)[C@H](C)N2CCN(c3ccccc3)CC2)cc1Cl. The van der Waals surface area contributed by atoms with Crippen molar-refractivity contribution in [1.82, 2.24) is 4.90 Å². The number of nitrogens with zero attached hydrogens (tertiary/aromatic N) is 2. The first-order chi connectivity index (χ1) is 12.6. The lowest BCUT2D eigenvalue weighted by Gasteiger charge is -2.38. The number of rotatable bonds is 5. The first kappa shape index (κ1) is 18.5. The van der Waals surface area contributed by atoms with E-state index in [1.165, 1.54) is 5.69 Å². The van der Waals surface area contributed by atoms with E-state index in [1.54, 1.807) is 25.3 Å². The molecule has 1 amide bonds. The van der Waals surface area contributed by atoms with Crippen LogP contribution in [0, 0.1) is 0 Å². The van der Waals surface area contributed by atoms with Crippen molar-refractivity contribution >= 4 is 28.9 Å². The highest BCUT2D eigenvalue weighted by Gasteiger charge is 2.25. The van der Waals surface area contributed by atoms with E-state index >= 15 is 0 Å². The van der Waals surface area contributed by atoms with Crippen LogP contribution in [0.3, 0.4) is 0 Å². The van der Waals surface area contributed by atoms with E-state index in [9.17, 15) is 4.79 Å². The predicted molar refractivity (Wildman–Crippen MR) is 106 cm³/mol. The van der Waals surface area contributed by atoms with Gasteiger partial charge in [-0.2, -0.15) is 0 Å². The van der Waals surface area contributed by atoms with Crippen LogP contribution in [0.15, 0.2) is 48.5 Å². The first-order valence-corrected chi connectivity index (χ1v) is 9.14.